The highest BCUT2D eigenvalue weighted by Gasteiger charge is 2.42. The largest absolute Gasteiger partial charge is 0.372 e. The van der Waals surface area contributed by atoms with E-state index in [0.717, 1.165) is 40.2 Å². The number of hydrogen-bond donors (Lipinski definition) is 1. The molecule has 1 aromatic heterocycles. The Morgan fingerprint density at radius 2 is 2.05 bits per heavy atom. The molecule has 0 aromatic carbocycles. The van der Waals surface area contributed by atoms with Gasteiger partial charge in [-0.25, -0.2) is 9.97 Å². The molecule has 0 amide bonds. The van der Waals surface area contributed by atoms with Crippen molar-refractivity contribution in [3.63, 3.8) is 0 Å². The van der Waals surface area contributed by atoms with Crippen LogP contribution in [-0.2, 0) is 16.8 Å². The lowest BCUT2D eigenvalue weighted by molar-refractivity contribution is -0.0847. The van der Waals surface area contributed by atoms with Crippen LogP contribution in [0, 0.1) is 9.49 Å². The Morgan fingerprint density at radius 1 is 1.37 bits per heavy atom. The van der Waals surface area contributed by atoms with Gasteiger partial charge in [0.25, 0.3) is 0 Å². The molecule has 0 atom stereocenters. The molecule has 1 fully saturated rings. The first kappa shape index (κ1) is 15.0. The van der Waals surface area contributed by atoms with Gasteiger partial charge in [0.2, 0.25) is 0 Å². The summed E-state index contributed by atoms with van der Waals surface area (Å²) in [5.74, 6) is 2.35. The van der Waals surface area contributed by atoms with Crippen LogP contribution in [-0.4, -0.2) is 24.1 Å². The summed E-state index contributed by atoms with van der Waals surface area (Å²) < 4.78 is 6.83. The van der Waals surface area contributed by atoms with Crippen molar-refractivity contribution in [3.05, 3.63) is 15.1 Å². The van der Waals surface area contributed by atoms with Crippen molar-refractivity contribution < 1.29 is 4.74 Å². The first-order chi connectivity index (χ1) is 9.02. The van der Waals surface area contributed by atoms with Gasteiger partial charge in [-0.2, -0.15) is 0 Å². The first-order valence-corrected chi connectivity index (χ1v) is 7.90. The third kappa shape index (κ3) is 2.86. The van der Waals surface area contributed by atoms with Crippen molar-refractivity contribution in [2.24, 2.45) is 5.92 Å². The van der Waals surface area contributed by atoms with E-state index >= 15 is 0 Å². The minimum Gasteiger partial charge on any atom is -0.372 e. The van der Waals surface area contributed by atoms with Crippen molar-refractivity contribution in [1.82, 2.24) is 9.97 Å². The summed E-state index contributed by atoms with van der Waals surface area (Å²) in [5.41, 5.74) is 0.884. The second kappa shape index (κ2) is 5.91. The maximum absolute atomic E-state index is 5.70. The molecule has 1 aliphatic carbocycles. The Morgan fingerprint density at radius 3 is 2.47 bits per heavy atom. The van der Waals surface area contributed by atoms with Gasteiger partial charge in [-0.1, -0.05) is 13.8 Å². The predicted molar refractivity (Wildman–Crippen MR) is 85.4 cm³/mol. The summed E-state index contributed by atoms with van der Waals surface area (Å²) in [6, 6.07) is 0. The van der Waals surface area contributed by atoms with Gasteiger partial charge in [-0.05, 0) is 54.2 Å². The van der Waals surface area contributed by atoms with Crippen LogP contribution in [0.5, 0.6) is 0 Å². The zero-order valence-electron chi connectivity index (χ0n) is 12.1. The number of nitrogens with one attached hydrogen (secondary N) is 1. The molecule has 0 radical (unpaired) electrons. The molecule has 0 saturated heterocycles. The maximum Gasteiger partial charge on any atom is 0.162 e. The minimum absolute atomic E-state index is 0.248. The van der Waals surface area contributed by atoms with Gasteiger partial charge in [-0.15, -0.1) is 0 Å². The number of rotatable bonds is 5. The van der Waals surface area contributed by atoms with E-state index in [0.29, 0.717) is 5.92 Å². The summed E-state index contributed by atoms with van der Waals surface area (Å²) in [7, 11) is 3.68. The number of ether oxygens (including phenoxy) is 1. The summed E-state index contributed by atoms with van der Waals surface area (Å²) in [6.45, 7) is 4.43. The quantitative estimate of drug-likeness (QED) is 0.802. The molecule has 1 aromatic rings. The Bertz CT molecular complexity index is 453. The Kier molecular flexibility index (Phi) is 4.66. The van der Waals surface area contributed by atoms with Crippen molar-refractivity contribution in [2.75, 3.05) is 19.5 Å². The molecule has 4 nitrogen and oxygen atoms in total. The molecule has 1 saturated carbocycles. The molecule has 0 aliphatic heterocycles. The summed E-state index contributed by atoms with van der Waals surface area (Å²) in [6.07, 6.45) is 4.21. The standard InChI is InChI=1S/C14H22IN3O/c1-9(2)8-10-11(15)12(16-3)18-13(17-10)14(19-4)6-5-7-14/h9H,5-8H2,1-4H3,(H,16,17,18). The van der Waals surface area contributed by atoms with Gasteiger partial charge in [-0.3, -0.25) is 0 Å². The van der Waals surface area contributed by atoms with Crippen LogP contribution in [0.2, 0.25) is 0 Å². The van der Waals surface area contributed by atoms with Crippen LogP contribution in [0.25, 0.3) is 0 Å². The maximum atomic E-state index is 5.70. The predicted octanol–water partition coefficient (Wildman–Crippen LogP) is 3.35. The fourth-order valence-electron chi connectivity index (χ4n) is 2.40. The number of anilines is 1. The van der Waals surface area contributed by atoms with Crippen molar-refractivity contribution in [1.29, 1.82) is 0 Å². The zero-order valence-corrected chi connectivity index (χ0v) is 14.2. The third-order valence-corrected chi connectivity index (χ3v) is 4.85. The van der Waals surface area contributed by atoms with Crippen molar-refractivity contribution >= 4 is 28.4 Å². The molecule has 1 aliphatic rings. The van der Waals surface area contributed by atoms with E-state index in [2.05, 4.69) is 46.7 Å². The van der Waals surface area contributed by atoms with E-state index in [9.17, 15) is 0 Å². The van der Waals surface area contributed by atoms with E-state index in [-0.39, 0.29) is 5.60 Å². The molecule has 5 heteroatoms. The molecular weight excluding hydrogens is 353 g/mol. The van der Waals surface area contributed by atoms with Gasteiger partial charge in [0.1, 0.15) is 11.4 Å². The third-order valence-electron chi connectivity index (χ3n) is 3.72. The van der Waals surface area contributed by atoms with Crippen molar-refractivity contribution in [2.45, 2.75) is 45.1 Å². The summed E-state index contributed by atoms with van der Waals surface area (Å²) >= 11 is 2.33. The van der Waals surface area contributed by atoms with E-state index in [1.54, 1.807) is 7.11 Å². The molecule has 0 spiro atoms. The number of halogens is 1. The number of methoxy groups -OCH3 is 1. The fraction of sp³-hybridized carbons (Fsp3) is 0.714. The van der Waals surface area contributed by atoms with Gasteiger partial charge < -0.3 is 10.1 Å². The smallest absolute Gasteiger partial charge is 0.162 e. The van der Waals surface area contributed by atoms with E-state index in [4.69, 9.17) is 9.72 Å². The van der Waals surface area contributed by atoms with E-state index in [1.165, 1.54) is 6.42 Å². The Labute approximate surface area is 128 Å². The molecule has 106 valence electrons. The van der Waals surface area contributed by atoms with Gasteiger partial charge in [0.05, 0.1) is 9.26 Å². The van der Waals surface area contributed by atoms with Crippen LogP contribution in [0.3, 0.4) is 0 Å². The molecule has 19 heavy (non-hydrogen) atoms. The Balaban J connectivity index is 2.44. The second-order valence-electron chi connectivity index (χ2n) is 5.56. The summed E-state index contributed by atoms with van der Waals surface area (Å²) in [4.78, 5) is 9.47. The highest BCUT2D eigenvalue weighted by Crippen LogP contribution is 2.43. The van der Waals surface area contributed by atoms with E-state index in [1.807, 2.05) is 7.05 Å². The number of hydrogen-bond acceptors (Lipinski definition) is 4. The van der Waals surface area contributed by atoms with Crippen LogP contribution in [0.1, 0.15) is 44.6 Å². The molecular formula is C14H22IN3O. The first-order valence-electron chi connectivity index (χ1n) is 6.82. The van der Waals surface area contributed by atoms with Crippen LogP contribution in [0.15, 0.2) is 0 Å². The highest BCUT2D eigenvalue weighted by atomic mass is 127. The average Bonchev–Trinajstić information content (AvgIpc) is 2.31. The van der Waals surface area contributed by atoms with E-state index < -0.39 is 0 Å². The second-order valence-corrected chi connectivity index (χ2v) is 6.64. The highest BCUT2D eigenvalue weighted by molar-refractivity contribution is 14.1. The minimum atomic E-state index is -0.248. The zero-order chi connectivity index (χ0) is 14.0. The monoisotopic (exact) mass is 375 g/mol. The molecule has 1 heterocycles. The normalized spacial score (nSPS) is 17.4. The molecule has 1 N–H and O–H groups in total. The Hall–Kier alpha value is -0.430. The fourth-order valence-corrected chi connectivity index (χ4v) is 3.13. The molecule has 2 rings (SSSR count). The molecule has 0 bridgehead atoms. The van der Waals surface area contributed by atoms with Gasteiger partial charge in [0.15, 0.2) is 5.82 Å². The van der Waals surface area contributed by atoms with Crippen LogP contribution >= 0.6 is 22.6 Å². The lowest BCUT2D eigenvalue weighted by Crippen LogP contribution is -2.38. The number of nitrogens with zero attached hydrogens (tertiary/aromatic N) is 2. The number of aromatic nitrogens is 2. The van der Waals surface area contributed by atoms with Gasteiger partial charge >= 0.3 is 0 Å². The lowest BCUT2D eigenvalue weighted by atomic mass is 9.79. The van der Waals surface area contributed by atoms with Crippen LogP contribution < -0.4 is 5.32 Å². The SMILES string of the molecule is CNc1nc(C2(OC)CCC2)nc(CC(C)C)c1I. The van der Waals surface area contributed by atoms with Crippen molar-refractivity contribution in [3.8, 4) is 0 Å². The average molecular weight is 375 g/mol. The molecule has 0 unspecified atom stereocenters. The lowest BCUT2D eigenvalue weighted by Gasteiger charge is -2.39. The summed E-state index contributed by atoms with van der Waals surface area (Å²) in [5, 5.41) is 3.18. The van der Waals surface area contributed by atoms with Gasteiger partial charge in [0, 0.05) is 14.2 Å². The topological polar surface area (TPSA) is 47.0 Å². The van der Waals surface area contributed by atoms with Crippen LogP contribution in [0.4, 0.5) is 5.82 Å².